The lowest BCUT2D eigenvalue weighted by atomic mass is 9.71. The SMILES string of the molecule is CC(C)(C)CC(=O)N1CC(C(=O)NC2CCCC2)C2(CCOCC2)C1. The molecular formula is C20H34N2O3. The van der Waals surface area contributed by atoms with Crippen molar-refractivity contribution in [2.75, 3.05) is 26.3 Å². The Hall–Kier alpha value is -1.10. The van der Waals surface area contributed by atoms with Gasteiger partial charge >= 0.3 is 0 Å². The molecule has 1 atom stereocenters. The van der Waals surface area contributed by atoms with Gasteiger partial charge in [-0.05, 0) is 31.1 Å². The largest absolute Gasteiger partial charge is 0.381 e. The van der Waals surface area contributed by atoms with E-state index in [-0.39, 0.29) is 28.6 Å². The summed E-state index contributed by atoms with van der Waals surface area (Å²) in [6.45, 7) is 8.98. The molecule has 3 rings (SSSR count). The average molecular weight is 351 g/mol. The molecule has 2 heterocycles. The van der Waals surface area contributed by atoms with Gasteiger partial charge in [-0.2, -0.15) is 0 Å². The molecule has 0 radical (unpaired) electrons. The number of rotatable bonds is 3. The quantitative estimate of drug-likeness (QED) is 0.851. The van der Waals surface area contributed by atoms with Gasteiger partial charge in [0.05, 0.1) is 5.92 Å². The fraction of sp³-hybridized carbons (Fsp3) is 0.900. The fourth-order valence-corrected chi connectivity index (χ4v) is 4.74. The normalized spacial score (nSPS) is 27.0. The Balaban J connectivity index is 1.71. The molecule has 1 saturated carbocycles. The van der Waals surface area contributed by atoms with E-state index in [0.29, 0.717) is 38.8 Å². The van der Waals surface area contributed by atoms with Crippen molar-refractivity contribution in [2.45, 2.75) is 71.8 Å². The number of hydrogen-bond acceptors (Lipinski definition) is 3. The highest BCUT2D eigenvalue weighted by Gasteiger charge is 2.52. The summed E-state index contributed by atoms with van der Waals surface area (Å²) in [4.78, 5) is 27.8. The van der Waals surface area contributed by atoms with E-state index >= 15 is 0 Å². The number of amides is 2. The number of likely N-dealkylation sites (tertiary alicyclic amines) is 1. The van der Waals surface area contributed by atoms with Crippen molar-refractivity contribution in [1.82, 2.24) is 10.2 Å². The number of hydrogen-bond donors (Lipinski definition) is 1. The third-order valence-electron chi connectivity index (χ3n) is 6.19. The second-order valence-electron chi connectivity index (χ2n) is 9.53. The average Bonchev–Trinajstić information content (AvgIpc) is 3.15. The highest BCUT2D eigenvalue weighted by Crippen LogP contribution is 2.45. The van der Waals surface area contributed by atoms with Gasteiger partial charge in [-0.3, -0.25) is 9.59 Å². The molecule has 142 valence electrons. The molecule has 25 heavy (non-hydrogen) atoms. The third kappa shape index (κ3) is 4.36. The van der Waals surface area contributed by atoms with Crippen molar-refractivity contribution in [1.29, 1.82) is 0 Å². The van der Waals surface area contributed by atoms with Gasteiger partial charge in [-0.15, -0.1) is 0 Å². The molecule has 0 aromatic heterocycles. The Labute approximate surface area is 151 Å². The van der Waals surface area contributed by atoms with Crippen molar-refractivity contribution in [3.63, 3.8) is 0 Å². The maximum Gasteiger partial charge on any atom is 0.225 e. The number of carbonyl (C=O) groups excluding carboxylic acids is 2. The van der Waals surface area contributed by atoms with E-state index < -0.39 is 0 Å². The van der Waals surface area contributed by atoms with Crippen molar-refractivity contribution in [3.05, 3.63) is 0 Å². The van der Waals surface area contributed by atoms with Crippen LogP contribution in [0.3, 0.4) is 0 Å². The van der Waals surface area contributed by atoms with Crippen molar-refractivity contribution in [2.24, 2.45) is 16.7 Å². The molecule has 0 aromatic carbocycles. The van der Waals surface area contributed by atoms with E-state index in [4.69, 9.17) is 4.74 Å². The van der Waals surface area contributed by atoms with Crippen LogP contribution in [-0.4, -0.2) is 49.1 Å². The maximum atomic E-state index is 13.0. The summed E-state index contributed by atoms with van der Waals surface area (Å²) in [5, 5.41) is 3.28. The maximum absolute atomic E-state index is 13.0. The first-order valence-corrected chi connectivity index (χ1v) is 9.95. The summed E-state index contributed by atoms with van der Waals surface area (Å²) >= 11 is 0. The highest BCUT2D eigenvalue weighted by atomic mass is 16.5. The van der Waals surface area contributed by atoms with Gasteiger partial charge in [0.2, 0.25) is 11.8 Å². The zero-order chi connectivity index (χ0) is 18.1. The Morgan fingerprint density at radius 3 is 2.40 bits per heavy atom. The van der Waals surface area contributed by atoms with Crippen LogP contribution in [0.2, 0.25) is 0 Å². The van der Waals surface area contributed by atoms with Gasteiger partial charge in [0.25, 0.3) is 0 Å². The minimum Gasteiger partial charge on any atom is -0.381 e. The second kappa shape index (κ2) is 7.26. The molecule has 1 unspecified atom stereocenters. The third-order valence-corrected chi connectivity index (χ3v) is 6.19. The predicted molar refractivity (Wildman–Crippen MR) is 97.0 cm³/mol. The molecule has 3 fully saturated rings. The van der Waals surface area contributed by atoms with E-state index in [2.05, 4.69) is 26.1 Å². The van der Waals surface area contributed by atoms with Crippen LogP contribution in [-0.2, 0) is 14.3 Å². The van der Waals surface area contributed by atoms with Crippen molar-refractivity contribution >= 4 is 11.8 Å². The Bertz CT molecular complexity index is 500. The van der Waals surface area contributed by atoms with Crippen LogP contribution in [0.1, 0.15) is 65.7 Å². The molecule has 0 aromatic rings. The first kappa shape index (κ1) is 18.7. The predicted octanol–water partition coefficient (Wildman–Crippen LogP) is 2.74. The monoisotopic (exact) mass is 350 g/mol. The summed E-state index contributed by atoms with van der Waals surface area (Å²) in [5.41, 5.74) is -0.113. The highest BCUT2D eigenvalue weighted by molar-refractivity contribution is 5.83. The second-order valence-corrected chi connectivity index (χ2v) is 9.53. The van der Waals surface area contributed by atoms with Gasteiger partial charge in [0.1, 0.15) is 0 Å². The molecule has 1 spiro atoms. The number of nitrogens with zero attached hydrogens (tertiary/aromatic N) is 1. The molecule has 2 saturated heterocycles. The van der Waals surface area contributed by atoms with Crippen molar-refractivity contribution < 1.29 is 14.3 Å². The number of ether oxygens (including phenoxy) is 1. The minimum atomic E-state index is -0.0888. The van der Waals surface area contributed by atoms with E-state index in [1.54, 1.807) is 0 Å². The molecule has 5 nitrogen and oxygen atoms in total. The van der Waals surface area contributed by atoms with Crippen LogP contribution in [0, 0.1) is 16.7 Å². The molecular weight excluding hydrogens is 316 g/mol. The van der Waals surface area contributed by atoms with E-state index in [1.807, 2.05) is 4.90 Å². The lowest BCUT2D eigenvalue weighted by molar-refractivity contribution is -0.132. The molecule has 5 heteroatoms. The molecule has 2 aliphatic heterocycles. The summed E-state index contributed by atoms with van der Waals surface area (Å²) in [6, 6.07) is 0.337. The summed E-state index contributed by atoms with van der Waals surface area (Å²) in [7, 11) is 0. The summed E-state index contributed by atoms with van der Waals surface area (Å²) in [6.07, 6.45) is 6.93. The minimum absolute atomic E-state index is 0.0237. The molecule has 1 aliphatic carbocycles. The van der Waals surface area contributed by atoms with Gasteiger partial charge in [-0.1, -0.05) is 33.6 Å². The Kier molecular flexibility index (Phi) is 5.42. The van der Waals surface area contributed by atoms with Gasteiger partial charge in [0.15, 0.2) is 0 Å². The van der Waals surface area contributed by atoms with E-state index in [1.165, 1.54) is 12.8 Å². The molecule has 1 N–H and O–H groups in total. The summed E-state index contributed by atoms with van der Waals surface area (Å²) < 4.78 is 5.56. The number of nitrogens with one attached hydrogen (secondary N) is 1. The van der Waals surface area contributed by atoms with E-state index in [0.717, 1.165) is 25.7 Å². The summed E-state index contributed by atoms with van der Waals surface area (Å²) in [5.74, 6) is 0.273. The molecule has 3 aliphatic rings. The standard InChI is InChI=1S/C20H34N2O3/c1-19(2,3)12-17(23)22-13-16(18(24)21-15-6-4-5-7-15)20(14-22)8-10-25-11-9-20/h15-16H,4-14H2,1-3H3,(H,21,24). The smallest absolute Gasteiger partial charge is 0.225 e. The molecule has 2 amide bonds. The van der Waals surface area contributed by atoms with Gasteiger partial charge in [-0.25, -0.2) is 0 Å². The van der Waals surface area contributed by atoms with Crippen LogP contribution >= 0.6 is 0 Å². The van der Waals surface area contributed by atoms with Crippen LogP contribution in [0.4, 0.5) is 0 Å². The lowest BCUT2D eigenvalue weighted by Crippen LogP contribution is -2.46. The first-order chi connectivity index (χ1) is 11.8. The van der Waals surface area contributed by atoms with Crippen LogP contribution in [0.25, 0.3) is 0 Å². The topological polar surface area (TPSA) is 58.6 Å². The fourth-order valence-electron chi connectivity index (χ4n) is 4.74. The van der Waals surface area contributed by atoms with Crippen LogP contribution in [0.5, 0.6) is 0 Å². The van der Waals surface area contributed by atoms with Crippen LogP contribution in [0.15, 0.2) is 0 Å². The van der Waals surface area contributed by atoms with Crippen LogP contribution < -0.4 is 5.32 Å². The first-order valence-electron chi connectivity index (χ1n) is 9.95. The Morgan fingerprint density at radius 1 is 1.16 bits per heavy atom. The molecule has 0 bridgehead atoms. The van der Waals surface area contributed by atoms with Gasteiger partial charge in [0, 0.05) is 44.2 Å². The Morgan fingerprint density at radius 2 is 1.80 bits per heavy atom. The zero-order valence-corrected chi connectivity index (χ0v) is 16.1. The van der Waals surface area contributed by atoms with E-state index in [9.17, 15) is 9.59 Å². The number of carbonyl (C=O) groups is 2. The lowest BCUT2D eigenvalue weighted by Gasteiger charge is -2.37. The zero-order valence-electron chi connectivity index (χ0n) is 16.1. The van der Waals surface area contributed by atoms with Gasteiger partial charge < -0.3 is 15.0 Å². The van der Waals surface area contributed by atoms with Crippen molar-refractivity contribution in [3.8, 4) is 0 Å².